The molecule has 0 amide bonds. The van der Waals surface area contributed by atoms with Gasteiger partial charge in [0, 0.05) is 17.4 Å². The highest BCUT2D eigenvalue weighted by atomic mass is 35.5. The van der Waals surface area contributed by atoms with E-state index >= 15 is 13.6 Å². The molecule has 0 aromatic heterocycles. The summed E-state index contributed by atoms with van der Waals surface area (Å²) in [6.07, 6.45) is -0.568. The lowest BCUT2D eigenvalue weighted by molar-refractivity contribution is -0.281. The Balaban J connectivity index is 1.12. The van der Waals surface area contributed by atoms with Crippen molar-refractivity contribution in [2.75, 3.05) is 11.8 Å². The minimum atomic E-state index is -3.42. The van der Waals surface area contributed by atoms with E-state index in [-0.39, 0.29) is 85.6 Å². The van der Waals surface area contributed by atoms with Gasteiger partial charge in [0.1, 0.15) is 11.3 Å². The van der Waals surface area contributed by atoms with Crippen LogP contribution in [0.25, 0.3) is 0 Å². The van der Waals surface area contributed by atoms with E-state index in [1.54, 1.807) is 36.4 Å². The quantitative estimate of drug-likeness (QED) is 0.102. The van der Waals surface area contributed by atoms with Gasteiger partial charge in [0.05, 0.1) is 45.0 Å². The molecule has 16 atom stereocenters. The number of rotatable bonds is 9. The molecule has 0 saturated heterocycles. The van der Waals surface area contributed by atoms with Crippen molar-refractivity contribution in [1.82, 2.24) is 0 Å². The highest BCUT2D eigenvalue weighted by Gasteiger charge is 2.81. The first-order chi connectivity index (χ1) is 34.6. The molecule has 0 heterocycles. The number of hydrogen-bond acceptors (Lipinski definition) is 10. The van der Waals surface area contributed by atoms with Gasteiger partial charge in [-0.3, -0.25) is 19.2 Å². The van der Waals surface area contributed by atoms with E-state index < -0.39 is 174 Å². The minimum Gasteiger partial charge on any atom is -0.504 e. The van der Waals surface area contributed by atoms with Crippen molar-refractivity contribution in [2.24, 2.45) is 69.0 Å². The van der Waals surface area contributed by atoms with E-state index in [4.69, 9.17) is 23.2 Å². The van der Waals surface area contributed by atoms with E-state index in [9.17, 15) is 54.6 Å². The maximum atomic E-state index is 19.9. The summed E-state index contributed by atoms with van der Waals surface area (Å²) >= 11 is 12.9. The van der Waals surface area contributed by atoms with Crippen molar-refractivity contribution in [3.05, 3.63) is 93.4 Å². The Morgan fingerprint density at radius 3 is 1.58 bits per heavy atom. The first-order valence-electron chi connectivity index (χ1n) is 26.2. The molecule has 8 aliphatic carbocycles. The van der Waals surface area contributed by atoms with E-state index in [0.29, 0.717) is 0 Å². The van der Waals surface area contributed by atoms with E-state index in [1.807, 2.05) is 27.7 Å². The summed E-state index contributed by atoms with van der Waals surface area (Å²) in [5, 5.41) is 70.3. The number of ketones is 4. The van der Waals surface area contributed by atoms with Crippen LogP contribution in [-0.2, 0) is 30.0 Å². The van der Waals surface area contributed by atoms with Crippen LogP contribution in [0.4, 0.5) is 8.78 Å². The number of carbonyl (C=O) groups is 6. The Morgan fingerprint density at radius 2 is 1.11 bits per heavy atom. The van der Waals surface area contributed by atoms with Gasteiger partial charge in [0.2, 0.25) is 17.3 Å². The second-order valence-electron chi connectivity index (χ2n) is 24.6. The molecular formula is C58H66Cl2F2O12. The van der Waals surface area contributed by atoms with Gasteiger partial charge >= 0.3 is 11.9 Å². The van der Waals surface area contributed by atoms with Crippen LogP contribution in [0.5, 0.6) is 0 Å². The molecule has 7 saturated carbocycles. The predicted octanol–water partition coefficient (Wildman–Crippen LogP) is 10.1. The fourth-order valence-electron chi connectivity index (χ4n) is 20.0. The number of carboxylic acids is 2. The Morgan fingerprint density at radius 1 is 0.649 bits per heavy atom. The molecule has 0 aliphatic heterocycles. The molecule has 12 nitrogen and oxygen atoms in total. The second kappa shape index (κ2) is 16.8. The lowest BCUT2D eigenvalue weighted by Gasteiger charge is -2.68. The third-order valence-corrected chi connectivity index (χ3v) is 23.4. The number of benzene rings is 2. The monoisotopic (exact) mass is 1060 g/mol. The van der Waals surface area contributed by atoms with Crippen LogP contribution in [0, 0.1) is 69.0 Å². The zero-order valence-electron chi connectivity index (χ0n) is 42.6. The maximum absolute atomic E-state index is 19.9. The molecular weight excluding hydrogens is 998 g/mol. The van der Waals surface area contributed by atoms with E-state index in [2.05, 4.69) is 0 Å². The first kappa shape index (κ1) is 52.9. The lowest BCUT2D eigenvalue weighted by Crippen LogP contribution is -2.73. The number of aliphatic hydroxyl groups excluding tert-OH is 2. The molecule has 7 fully saturated rings. The first-order valence-corrected chi connectivity index (χ1v) is 27.3. The number of Topliss-reactive ketones (excluding diaryl/α,β-unsaturated/α-hetero) is 4. The van der Waals surface area contributed by atoms with Crippen molar-refractivity contribution in [2.45, 2.75) is 140 Å². The third-order valence-electron chi connectivity index (χ3n) is 22.9. The molecule has 10 rings (SSSR count). The maximum Gasteiger partial charge on any atom is 0.335 e. The summed E-state index contributed by atoms with van der Waals surface area (Å²) in [6, 6.07) is 12.5. The summed E-state index contributed by atoms with van der Waals surface area (Å²) in [4.78, 5) is 84.3. The van der Waals surface area contributed by atoms with Gasteiger partial charge in [-0.15, -0.1) is 23.2 Å². The fraction of sp³-hybridized carbons (Fsp3) is 0.621. The van der Waals surface area contributed by atoms with Gasteiger partial charge in [-0.05, 0) is 152 Å². The van der Waals surface area contributed by atoms with Crippen molar-refractivity contribution < 1.29 is 68.2 Å². The normalized spacial score (nSPS) is 44.1. The molecule has 2 aromatic carbocycles. The topological polar surface area (TPSA) is 224 Å². The van der Waals surface area contributed by atoms with Gasteiger partial charge in [-0.2, -0.15) is 0 Å². The van der Waals surface area contributed by atoms with E-state index in [1.165, 1.54) is 26.0 Å². The number of aromatic carboxylic acids is 2. The average molecular weight is 1060 g/mol. The predicted molar refractivity (Wildman–Crippen MR) is 268 cm³/mol. The number of hydrogen-bond donors (Lipinski definition) is 6. The molecule has 0 radical (unpaired) electrons. The van der Waals surface area contributed by atoms with Gasteiger partial charge in [0.25, 0.3) is 0 Å². The Labute approximate surface area is 439 Å². The molecule has 0 bridgehead atoms. The van der Waals surface area contributed by atoms with Crippen LogP contribution in [0.1, 0.15) is 144 Å². The van der Waals surface area contributed by atoms with Gasteiger partial charge in [-0.1, -0.05) is 71.0 Å². The summed E-state index contributed by atoms with van der Waals surface area (Å²) in [5.74, 6) is -19.6. The summed E-state index contributed by atoms with van der Waals surface area (Å²) in [6.45, 7) is 10.3. The number of aliphatic hydroxyl groups is 4. The number of carbonyl (C=O) groups excluding carboxylic acids is 4. The highest BCUT2D eigenvalue weighted by molar-refractivity contribution is 6.30. The molecule has 2 aromatic rings. The number of allylic oxidation sites excluding steroid dienone is 3. The SMILES string of the molecule is C[C@@H]1CC2C3CCC4=C(C5C(O)(O)C(=O)C[C@H]6CC[C@H]7[C@@H]8C[C@H](C)[C@@](C(=O)CCl)(c9ccccc9C(=O)O)[C@@]8(C)CC[C@]7(F)[C@@]56C)C(O)=C(O)C(=O)[C@]4(C)[C@]3(F)CC[C@]2(C)[C@]1(C(=O)CCl)c1ccccc1C(=O)O. The summed E-state index contributed by atoms with van der Waals surface area (Å²) in [5.41, 5.74) is -14.6. The van der Waals surface area contributed by atoms with Crippen LogP contribution in [0.15, 0.2) is 71.2 Å². The van der Waals surface area contributed by atoms with Gasteiger partial charge in [0.15, 0.2) is 23.1 Å². The summed E-state index contributed by atoms with van der Waals surface area (Å²) < 4.78 is 39.5. The molecule has 74 heavy (non-hydrogen) atoms. The average Bonchev–Trinajstić information content (AvgIpc) is 3.75. The van der Waals surface area contributed by atoms with Crippen LogP contribution in [-0.4, -0.2) is 94.6 Å². The zero-order chi connectivity index (χ0) is 54.1. The fourth-order valence-corrected chi connectivity index (χ4v) is 20.4. The molecule has 3 unspecified atom stereocenters. The Hall–Kier alpha value is -4.50. The van der Waals surface area contributed by atoms with Crippen LogP contribution < -0.4 is 0 Å². The van der Waals surface area contributed by atoms with Crippen molar-refractivity contribution in [3.63, 3.8) is 0 Å². The number of halogens is 4. The molecule has 16 heteroatoms. The van der Waals surface area contributed by atoms with Crippen LogP contribution in [0.3, 0.4) is 0 Å². The van der Waals surface area contributed by atoms with Gasteiger partial charge < -0.3 is 30.6 Å². The standard InChI is InChI=1S/C58H66Cl2F2O12/c1-28-23-38-35-16-15-30-25-40(63)58(73,74)46(52(30,5)54(35,61)21-19-50(38,3)56(28,41(64)26-59)33-13-9-7-11-31(33)48(69)70)43-37-18-17-36-39-24-29(2)57(42(65)27-60,34-14-10-8-12-32(34)49(71)72)51(39,4)20-22-55(36,62)53(37,6)47(68)45(67)44(43)66/h7-14,28-30,35-36,38-39,46,66-67,73-74H,15-27H2,1-6H3,(H,69,70)(H,71,72)/t28-,29+,30+,35-,36?,38-,39?,46?,50-,51-,52+,53+,54+,55-,56-,57-/m0/s1. The van der Waals surface area contributed by atoms with Crippen LogP contribution >= 0.6 is 23.2 Å². The van der Waals surface area contributed by atoms with Crippen molar-refractivity contribution >= 4 is 58.3 Å². The molecule has 0 spiro atoms. The van der Waals surface area contributed by atoms with Crippen LogP contribution in [0.2, 0.25) is 0 Å². The number of fused-ring (bicyclic) bond motifs is 10. The van der Waals surface area contributed by atoms with E-state index in [0.717, 1.165) is 0 Å². The van der Waals surface area contributed by atoms with Gasteiger partial charge in [-0.25, -0.2) is 18.4 Å². The Kier molecular flexibility index (Phi) is 12.0. The third kappa shape index (κ3) is 5.87. The molecule has 398 valence electrons. The second-order valence-corrected chi connectivity index (χ2v) is 25.2. The highest BCUT2D eigenvalue weighted by Crippen LogP contribution is 2.78. The molecule has 8 aliphatic rings. The number of carboxylic acid groups (broad SMARTS) is 2. The zero-order valence-corrected chi connectivity index (χ0v) is 44.1. The minimum absolute atomic E-state index is 0.00784. The number of alkyl halides is 4. The molecule has 6 N–H and O–H groups in total. The van der Waals surface area contributed by atoms with Crippen molar-refractivity contribution in [1.29, 1.82) is 0 Å². The lowest BCUT2D eigenvalue weighted by atomic mass is 9.37. The summed E-state index contributed by atoms with van der Waals surface area (Å²) in [7, 11) is 0. The largest absolute Gasteiger partial charge is 0.504 e. The smallest absolute Gasteiger partial charge is 0.335 e. The van der Waals surface area contributed by atoms with Crippen molar-refractivity contribution in [3.8, 4) is 0 Å². The Bertz CT molecular complexity index is 2920.